The van der Waals surface area contributed by atoms with E-state index in [0.29, 0.717) is 27.0 Å². The molecule has 1 saturated carbocycles. The van der Waals surface area contributed by atoms with E-state index in [0.717, 1.165) is 18.5 Å². The number of carbonyl (C=O) groups excluding carboxylic acids is 2. The molecule has 0 bridgehead atoms. The van der Waals surface area contributed by atoms with Gasteiger partial charge in [-0.3, -0.25) is 14.6 Å². The van der Waals surface area contributed by atoms with E-state index in [4.69, 9.17) is 23.2 Å². The Morgan fingerprint density at radius 3 is 2.69 bits per heavy atom. The number of pyridine rings is 1. The number of benzene rings is 1. The largest absolute Gasteiger partial charge is 0.343 e. The number of carbonyl (C=O) groups is 2. The number of halogens is 2. The molecule has 2 heterocycles. The zero-order valence-corrected chi connectivity index (χ0v) is 16.7. The lowest BCUT2D eigenvalue weighted by Crippen LogP contribution is -2.33. The molecule has 1 fully saturated rings. The van der Waals surface area contributed by atoms with Crippen molar-refractivity contribution in [1.29, 1.82) is 0 Å². The highest BCUT2D eigenvalue weighted by Crippen LogP contribution is 2.43. The monoisotopic (exact) mass is 429 g/mol. The first-order valence-corrected chi connectivity index (χ1v) is 9.80. The van der Waals surface area contributed by atoms with Crippen molar-refractivity contribution >= 4 is 40.7 Å². The summed E-state index contributed by atoms with van der Waals surface area (Å²) in [5.41, 5.74) is 2.45. The fourth-order valence-electron chi connectivity index (χ4n) is 3.03. The maximum Gasteiger partial charge on any atom is 0.255 e. The van der Waals surface area contributed by atoms with E-state index >= 15 is 0 Å². The first-order chi connectivity index (χ1) is 14.0. The van der Waals surface area contributed by atoms with Crippen LogP contribution in [-0.2, 0) is 4.79 Å². The average Bonchev–Trinajstić information content (AvgIpc) is 3.45. The highest BCUT2D eigenvalue weighted by molar-refractivity contribution is 6.35. The van der Waals surface area contributed by atoms with Gasteiger partial charge in [0.1, 0.15) is 0 Å². The molecular weight excluding hydrogens is 413 g/mol. The Labute approximate surface area is 177 Å². The Morgan fingerprint density at radius 2 is 2.00 bits per heavy atom. The smallest absolute Gasteiger partial charge is 0.255 e. The highest BCUT2D eigenvalue weighted by atomic mass is 35.5. The summed E-state index contributed by atoms with van der Waals surface area (Å²) in [6.07, 6.45) is 6.59. The number of rotatable bonds is 6. The first kappa shape index (κ1) is 19.4. The molecule has 3 aromatic rings. The number of nitrogens with zero attached hydrogens (tertiary/aromatic N) is 3. The minimum absolute atomic E-state index is 0.162. The predicted octanol–water partition coefficient (Wildman–Crippen LogP) is 3.82. The molecule has 0 aliphatic heterocycles. The Hall–Kier alpha value is -2.90. The molecule has 1 aliphatic carbocycles. The molecule has 2 N–H and O–H groups in total. The van der Waals surface area contributed by atoms with Gasteiger partial charge in [0.2, 0.25) is 5.91 Å². The predicted molar refractivity (Wildman–Crippen MR) is 111 cm³/mol. The third kappa shape index (κ3) is 4.41. The molecule has 2 aromatic heterocycles. The van der Waals surface area contributed by atoms with E-state index < -0.39 is 0 Å². The minimum Gasteiger partial charge on any atom is -0.343 e. The maximum absolute atomic E-state index is 12.7. The standard InChI is InChI=1S/C20H17Cl2N5O2/c21-13-5-6-17(16(22)8-13)27-19(12-3-4-12)15(10-25-27)20(29)24-11-18(28)26-14-2-1-7-23-9-14/h1-2,5-10,12H,3-4,11H2,(H,24,29)(H,26,28). The van der Waals surface area contributed by atoms with E-state index in [1.54, 1.807) is 41.2 Å². The molecule has 29 heavy (non-hydrogen) atoms. The number of amides is 2. The molecule has 0 atom stereocenters. The Kier molecular flexibility index (Phi) is 5.51. The van der Waals surface area contributed by atoms with Crippen molar-refractivity contribution in [3.05, 3.63) is 70.2 Å². The summed E-state index contributed by atoms with van der Waals surface area (Å²) in [4.78, 5) is 28.7. The Balaban J connectivity index is 1.50. The molecule has 148 valence electrons. The summed E-state index contributed by atoms with van der Waals surface area (Å²) in [5, 5.41) is 10.7. The van der Waals surface area contributed by atoms with Crippen LogP contribution in [0.25, 0.3) is 5.69 Å². The fourth-order valence-corrected chi connectivity index (χ4v) is 3.51. The second kappa shape index (κ2) is 8.23. The topological polar surface area (TPSA) is 88.9 Å². The van der Waals surface area contributed by atoms with Crippen LogP contribution in [0.3, 0.4) is 0 Å². The van der Waals surface area contributed by atoms with Gasteiger partial charge in [0, 0.05) is 17.1 Å². The zero-order valence-electron chi connectivity index (χ0n) is 15.2. The van der Waals surface area contributed by atoms with Gasteiger partial charge in [0.15, 0.2) is 0 Å². The van der Waals surface area contributed by atoms with Crippen LogP contribution >= 0.6 is 23.2 Å². The van der Waals surface area contributed by atoms with Crippen LogP contribution < -0.4 is 10.6 Å². The molecule has 0 radical (unpaired) electrons. The molecule has 1 aromatic carbocycles. The molecule has 7 nitrogen and oxygen atoms in total. The quantitative estimate of drug-likeness (QED) is 0.623. The van der Waals surface area contributed by atoms with Gasteiger partial charge in [-0.1, -0.05) is 23.2 Å². The van der Waals surface area contributed by atoms with Crippen molar-refractivity contribution in [2.24, 2.45) is 0 Å². The average molecular weight is 430 g/mol. The maximum atomic E-state index is 12.7. The summed E-state index contributed by atoms with van der Waals surface area (Å²) in [7, 11) is 0. The van der Waals surface area contributed by atoms with Crippen LogP contribution in [0.4, 0.5) is 5.69 Å². The summed E-state index contributed by atoms with van der Waals surface area (Å²) in [6, 6.07) is 8.57. The third-order valence-electron chi connectivity index (χ3n) is 4.51. The van der Waals surface area contributed by atoms with E-state index in [1.165, 1.54) is 12.4 Å². The molecule has 0 spiro atoms. The van der Waals surface area contributed by atoms with E-state index in [9.17, 15) is 9.59 Å². The van der Waals surface area contributed by atoms with Crippen LogP contribution in [0.1, 0.15) is 34.8 Å². The van der Waals surface area contributed by atoms with Crippen LogP contribution in [0.2, 0.25) is 10.0 Å². The van der Waals surface area contributed by atoms with Crippen molar-refractivity contribution in [1.82, 2.24) is 20.1 Å². The SMILES string of the molecule is O=C(CNC(=O)c1cnn(-c2ccc(Cl)cc2Cl)c1C1CC1)Nc1cccnc1. The van der Waals surface area contributed by atoms with Gasteiger partial charge >= 0.3 is 0 Å². The lowest BCUT2D eigenvalue weighted by molar-refractivity contribution is -0.115. The molecular formula is C20H17Cl2N5O2. The van der Waals surface area contributed by atoms with Gasteiger partial charge in [-0.2, -0.15) is 5.10 Å². The van der Waals surface area contributed by atoms with Gasteiger partial charge in [0.05, 0.1) is 46.6 Å². The summed E-state index contributed by atoms with van der Waals surface area (Å²) in [6.45, 7) is -0.162. The number of hydrogen-bond acceptors (Lipinski definition) is 4. The van der Waals surface area contributed by atoms with Crippen LogP contribution in [0.5, 0.6) is 0 Å². The summed E-state index contributed by atoms with van der Waals surface area (Å²) >= 11 is 12.3. The van der Waals surface area contributed by atoms with Crippen LogP contribution in [0.15, 0.2) is 48.9 Å². The summed E-state index contributed by atoms with van der Waals surface area (Å²) < 4.78 is 1.68. The number of aromatic nitrogens is 3. The van der Waals surface area contributed by atoms with E-state index in [1.807, 2.05) is 0 Å². The summed E-state index contributed by atoms with van der Waals surface area (Å²) in [5.74, 6) is -0.466. The van der Waals surface area contributed by atoms with Crippen LogP contribution in [0, 0.1) is 0 Å². The second-order valence-corrected chi connectivity index (χ2v) is 7.54. The molecule has 1 aliphatic rings. The minimum atomic E-state index is -0.357. The highest BCUT2D eigenvalue weighted by Gasteiger charge is 2.33. The molecule has 4 rings (SSSR count). The van der Waals surface area contributed by atoms with Crippen molar-refractivity contribution in [2.45, 2.75) is 18.8 Å². The molecule has 2 amide bonds. The van der Waals surface area contributed by atoms with Crippen LogP contribution in [-0.4, -0.2) is 33.1 Å². The number of anilines is 1. The number of nitrogens with one attached hydrogen (secondary N) is 2. The van der Waals surface area contributed by atoms with Gasteiger partial charge in [0.25, 0.3) is 5.91 Å². The Morgan fingerprint density at radius 1 is 1.17 bits per heavy atom. The van der Waals surface area contributed by atoms with E-state index in [-0.39, 0.29) is 24.3 Å². The second-order valence-electron chi connectivity index (χ2n) is 6.70. The van der Waals surface area contributed by atoms with Crippen molar-refractivity contribution in [2.75, 3.05) is 11.9 Å². The van der Waals surface area contributed by atoms with Gasteiger partial charge in [-0.15, -0.1) is 0 Å². The molecule has 0 unspecified atom stereocenters. The zero-order chi connectivity index (χ0) is 20.4. The number of hydrogen-bond donors (Lipinski definition) is 2. The molecule has 9 heteroatoms. The van der Waals surface area contributed by atoms with Crippen molar-refractivity contribution in [3.63, 3.8) is 0 Å². The van der Waals surface area contributed by atoms with Gasteiger partial charge < -0.3 is 10.6 Å². The Bertz CT molecular complexity index is 1060. The van der Waals surface area contributed by atoms with Crippen molar-refractivity contribution in [3.8, 4) is 5.69 Å². The third-order valence-corrected chi connectivity index (χ3v) is 5.05. The van der Waals surface area contributed by atoms with E-state index in [2.05, 4.69) is 20.7 Å². The first-order valence-electron chi connectivity index (χ1n) is 9.04. The lowest BCUT2D eigenvalue weighted by Gasteiger charge is -2.11. The molecule has 0 saturated heterocycles. The van der Waals surface area contributed by atoms with Gasteiger partial charge in [-0.25, -0.2) is 4.68 Å². The fraction of sp³-hybridized carbons (Fsp3) is 0.200. The lowest BCUT2D eigenvalue weighted by atomic mass is 10.1. The van der Waals surface area contributed by atoms with Gasteiger partial charge in [-0.05, 0) is 43.2 Å². The normalized spacial score (nSPS) is 13.2. The van der Waals surface area contributed by atoms with Crippen molar-refractivity contribution < 1.29 is 9.59 Å².